The molecule has 1 amide bonds. The van der Waals surface area contributed by atoms with E-state index in [0.29, 0.717) is 6.42 Å². The van der Waals surface area contributed by atoms with Gasteiger partial charge < -0.3 is 5.32 Å². The van der Waals surface area contributed by atoms with Crippen LogP contribution < -0.4 is 10.6 Å². The van der Waals surface area contributed by atoms with Crippen LogP contribution >= 0.6 is 34.8 Å². The maximum absolute atomic E-state index is 12.1. The minimum Gasteiger partial charge on any atom is -0.337 e. The predicted molar refractivity (Wildman–Crippen MR) is 116 cm³/mol. The van der Waals surface area contributed by atoms with Crippen molar-refractivity contribution in [1.29, 1.82) is 0 Å². The van der Waals surface area contributed by atoms with Crippen LogP contribution in [0.1, 0.15) is 105 Å². The second kappa shape index (κ2) is 14.3. The van der Waals surface area contributed by atoms with E-state index in [4.69, 9.17) is 34.8 Å². The van der Waals surface area contributed by atoms with Crippen LogP contribution in [0.25, 0.3) is 0 Å². The molecule has 0 saturated carbocycles. The van der Waals surface area contributed by atoms with E-state index in [1.807, 2.05) is 20.8 Å². The molecule has 0 aliphatic carbocycles. The van der Waals surface area contributed by atoms with Gasteiger partial charge in [0.05, 0.1) is 0 Å². The van der Waals surface area contributed by atoms with E-state index in [1.165, 1.54) is 57.8 Å². The van der Waals surface area contributed by atoms with Crippen LogP contribution in [0.15, 0.2) is 0 Å². The van der Waals surface area contributed by atoms with Crippen molar-refractivity contribution in [3.63, 3.8) is 0 Å². The maximum atomic E-state index is 12.1. The van der Waals surface area contributed by atoms with Gasteiger partial charge in [0.1, 0.15) is 6.17 Å². The number of hydrogen-bond acceptors (Lipinski definition) is 2. The average Bonchev–Trinajstić information content (AvgIpc) is 2.50. The molecule has 0 spiro atoms. The van der Waals surface area contributed by atoms with Crippen molar-refractivity contribution in [3.05, 3.63) is 0 Å². The van der Waals surface area contributed by atoms with Crippen molar-refractivity contribution in [2.24, 2.45) is 0 Å². The fourth-order valence-corrected chi connectivity index (χ4v) is 3.14. The smallest absolute Gasteiger partial charge is 0.223 e. The molecule has 1 atom stereocenters. The molecule has 0 aromatic carbocycles. The number of nitrogens with one attached hydrogen (secondary N) is 2. The Morgan fingerprint density at radius 3 is 1.62 bits per heavy atom. The summed E-state index contributed by atoms with van der Waals surface area (Å²) < 4.78 is -1.58. The summed E-state index contributed by atoms with van der Waals surface area (Å²) in [6, 6.07) is 0. The molecule has 2 N–H and O–H groups in total. The Hall–Kier alpha value is 0.300. The molecule has 156 valence electrons. The molecule has 0 bridgehead atoms. The van der Waals surface area contributed by atoms with Gasteiger partial charge in [-0.25, -0.2) is 0 Å². The van der Waals surface area contributed by atoms with E-state index >= 15 is 0 Å². The molecule has 0 aliphatic rings. The van der Waals surface area contributed by atoms with Crippen molar-refractivity contribution in [2.45, 2.75) is 120 Å². The van der Waals surface area contributed by atoms with Crippen LogP contribution in [0.3, 0.4) is 0 Å². The highest BCUT2D eigenvalue weighted by Gasteiger charge is 2.36. The molecule has 26 heavy (non-hydrogen) atoms. The fourth-order valence-electron chi connectivity index (χ4n) is 2.82. The van der Waals surface area contributed by atoms with Crippen LogP contribution in [0.5, 0.6) is 0 Å². The maximum Gasteiger partial charge on any atom is 0.223 e. The van der Waals surface area contributed by atoms with Crippen molar-refractivity contribution >= 4 is 40.7 Å². The van der Waals surface area contributed by atoms with E-state index in [2.05, 4.69) is 17.6 Å². The first kappa shape index (κ1) is 26.3. The lowest BCUT2D eigenvalue weighted by atomic mass is 10.1. The summed E-state index contributed by atoms with van der Waals surface area (Å²) in [7, 11) is 0. The lowest BCUT2D eigenvalue weighted by Crippen LogP contribution is -2.58. The number of rotatable bonds is 14. The molecule has 0 fully saturated rings. The van der Waals surface area contributed by atoms with Crippen LogP contribution in [0.4, 0.5) is 0 Å². The van der Waals surface area contributed by atoms with Crippen LogP contribution in [-0.2, 0) is 4.79 Å². The molecule has 0 radical (unpaired) electrons. The molecule has 3 nitrogen and oxygen atoms in total. The van der Waals surface area contributed by atoms with E-state index in [0.717, 1.165) is 12.8 Å². The van der Waals surface area contributed by atoms with Gasteiger partial charge in [0, 0.05) is 12.0 Å². The molecular formula is C20H39Cl3N2O. The molecule has 0 unspecified atom stereocenters. The van der Waals surface area contributed by atoms with Gasteiger partial charge in [0.2, 0.25) is 9.70 Å². The first-order chi connectivity index (χ1) is 12.1. The Balaban J connectivity index is 3.78. The summed E-state index contributed by atoms with van der Waals surface area (Å²) in [6.07, 6.45) is 13.6. The van der Waals surface area contributed by atoms with Crippen molar-refractivity contribution in [2.75, 3.05) is 0 Å². The molecule has 0 heterocycles. The third-order valence-corrected chi connectivity index (χ3v) is 4.87. The zero-order valence-electron chi connectivity index (χ0n) is 17.1. The Morgan fingerprint density at radius 2 is 1.23 bits per heavy atom. The third kappa shape index (κ3) is 16.5. The summed E-state index contributed by atoms with van der Waals surface area (Å²) in [5.41, 5.74) is -0.265. The van der Waals surface area contributed by atoms with Gasteiger partial charge in [-0.2, -0.15) is 0 Å². The highest BCUT2D eigenvalue weighted by atomic mass is 35.6. The first-order valence-electron chi connectivity index (χ1n) is 10.2. The van der Waals surface area contributed by atoms with Crippen molar-refractivity contribution < 1.29 is 4.79 Å². The summed E-state index contributed by atoms with van der Waals surface area (Å²) in [5, 5.41) is 5.95. The van der Waals surface area contributed by atoms with E-state index in [1.54, 1.807) is 0 Å². The Kier molecular flexibility index (Phi) is 14.5. The Morgan fingerprint density at radius 1 is 0.808 bits per heavy atom. The quantitative estimate of drug-likeness (QED) is 0.179. The molecule has 0 aliphatic heterocycles. The van der Waals surface area contributed by atoms with Gasteiger partial charge in [0.25, 0.3) is 0 Å². The molecule has 0 aromatic rings. The molecular weight excluding hydrogens is 391 g/mol. The number of alkyl halides is 3. The number of hydrogen-bond donors (Lipinski definition) is 2. The zero-order valence-corrected chi connectivity index (χ0v) is 19.4. The zero-order chi connectivity index (χ0) is 20.1. The van der Waals surface area contributed by atoms with Gasteiger partial charge in [-0.1, -0.05) is 106 Å². The van der Waals surface area contributed by atoms with Crippen LogP contribution in [0, 0.1) is 0 Å². The number of unbranched alkanes of at least 4 members (excludes halogenated alkanes) is 10. The fraction of sp³-hybridized carbons (Fsp3) is 0.950. The highest BCUT2D eigenvalue weighted by Crippen LogP contribution is 2.30. The van der Waals surface area contributed by atoms with E-state index < -0.39 is 9.96 Å². The molecule has 0 rings (SSSR count). The number of amides is 1. The normalized spacial score (nSPS) is 13.7. The van der Waals surface area contributed by atoms with Gasteiger partial charge >= 0.3 is 0 Å². The van der Waals surface area contributed by atoms with Gasteiger partial charge in [0.15, 0.2) is 0 Å². The summed E-state index contributed by atoms with van der Waals surface area (Å²) >= 11 is 17.9. The van der Waals surface area contributed by atoms with Crippen LogP contribution in [0.2, 0.25) is 0 Å². The number of carbonyl (C=O) groups excluding carboxylic acids is 1. The summed E-state index contributed by atoms with van der Waals surface area (Å²) in [6.45, 7) is 8.14. The summed E-state index contributed by atoms with van der Waals surface area (Å²) in [4.78, 5) is 12.1. The molecule has 0 aromatic heterocycles. The van der Waals surface area contributed by atoms with Crippen LogP contribution in [-0.4, -0.2) is 21.4 Å². The highest BCUT2D eigenvalue weighted by molar-refractivity contribution is 6.68. The van der Waals surface area contributed by atoms with E-state index in [9.17, 15) is 4.79 Å². The second-order valence-corrected chi connectivity index (χ2v) is 10.6. The summed E-state index contributed by atoms with van der Waals surface area (Å²) in [5.74, 6) is -0.0750. The van der Waals surface area contributed by atoms with Crippen molar-refractivity contribution in [3.8, 4) is 0 Å². The largest absolute Gasteiger partial charge is 0.337 e. The minimum atomic E-state index is -1.58. The number of halogens is 3. The average molecular weight is 430 g/mol. The number of carbonyl (C=O) groups is 1. The Labute approximate surface area is 176 Å². The van der Waals surface area contributed by atoms with Gasteiger partial charge in [-0.3, -0.25) is 10.1 Å². The Bertz CT molecular complexity index is 365. The predicted octanol–water partition coefficient (Wildman–Crippen LogP) is 6.89. The lowest BCUT2D eigenvalue weighted by molar-refractivity contribution is -0.122. The molecule has 6 heteroatoms. The van der Waals surface area contributed by atoms with Gasteiger partial charge in [-0.15, -0.1) is 0 Å². The SMILES string of the molecule is CCCCCCCCCCCCCC(=O)N[C@@H](NC(C)(C)C)C(Cl)(Cl)Cl. The topological polar surface area (TPSA) is 41.1 Å². The van der Waals surface area contributed by atoms with Crippen molar-refractivity contribution in [1.82, 2.24) is 10.6 Å². The third-order valence-electron chi connectivity index (χ3n) is 4.22. The molecule has 0 saturated heterocycles. The monoisotopic (exact) mass is 428 g/mol. The second-order valence-electron chi connectivity index (χ2n) is 8.22. The first-order valence-corrected chi connectivity index (χ1v) is 11.3. The standard InChI is InChI=1S/C20H39Cl3N2O/c1-5-6-7-8-9-10-11-12-13-14-15-16-17(26)24-18(20(21,22)23)25-19(2,3)4/h18,25H,5-16H2,1-4H3,(H,24,26)/t18-/m0/s1. The van der Waals surface area contributed by atoms with E-state index in [-0.39, 0.29) is 11.4 Å². The van der Waals surface area contributed by atoms with Gasteiger partial charge in [-0.05, 0) is 27.2 Å². The minimum absolute atomic E-state index is 0.0750. The lowest BCUT2D eigenvalue weighted by Gasteiger charge is -2.33.